The standard InChI is InChI=1S/C85H51N7/c86-52-55-12-11-20-71(45-55)60-22-28-63(29-23-60)77-48-72-18-7-8-19-73(72)49-78(77)64-30-36-68(37-31-64)82-51-80(66-16-5-2-6-17-66)89-84(92-82)69-38-26-59(27-39-69)58-24-34-67(35-25-58)81-50-79(65-14-3-1-4-15-65)90-85(91-81)70-40-32-62(33-41-70)76-43-42-61-13-9-10-21-75(61)83(76)74-46-56(53-87)44-57(47-74)54-88/h1-51H. The lowest BCUT2D eigenvalue weighted by Crippen LogP contribution is -1.96. The molecule has 0 fully saturated rings. The van der Waals surface area contributed by atoms with Crippen molar-refractivity contribution < 1.29 is 0 Å². The van der Waals surface area contributed by atoms with E-state index in [4.69, 9.17) is 19.9 Å². The molecule has 0 saturated heterocycles. The van der Waals surface area contributed by atoms with E-state index in [0.717, 1.165) is 134 Å². The SMILES string of the molecule is N#Cc1cccc(-c2ccc(-c3cc4ccccc4cc3-c3ccc(-c4cc(-c5ccccc5)nc(-c5ccc(-c6ccc(-c7cc(-c8ccccc8)nc(-c8ccc(-c9ccc%10ccccc%10c9-c9cc(C#N)cc(C#N)c9)cc8)n7)cc6)cc5)n4)cc3)cc2)c1. The molecule has 2 aromatic heterocycles. The van der Waals surface area contributed by atoms with Crippen molar-refractivity contribution in [2.45, 2.75) is 0 Å². The summed E-state index contributed by atoms with van der Waals surface area (Å²) < 4.78 is 0. The van der Waals surface area contributed by atoms with Crippen LogP contribution in [0.4, 0.5) is 0 Å². The Kier molecular flexibility index (Phi) is 14.7. The minimum atomic E-state index is 0.435. The van der Waals surface area contributed by atoms with Crippen LogP contribution in [-0.4, -0.2) is 19.9 Å². The lowest BCUT2D eigenvalue weighted by Gasteiger charge is -2.15. The Labute approximate surface area is 533 Å². The molecule has 92 heavy (non-hydrogen) atoms. The average Bonchev–Trinajstić information content (AvgIpc) is 0.861. The molecule has 0 N–H and O–H groups in total. The molecule has 7 nitrogen and oxygen atoms in total. The molecule has 13 aromatic carbocycles. The van der Waals surface area contributed by atoms with Gasteiger partial charge in [0.25, 0.3) is 0 Å². The Morgan fingerprint density at radius 3 is 1.01 bits per heavy atom. The smallest absolute Gasteiger partial charge is 0.160 e. The molecule has 15 rings (SSSR count). The number of rotatable bonds is 12. The van der Waals surface area contributed by atoms with Crippen LogP contribution in [0, 0.1) is 34.0 Å². The molecule has 0 unspecified atom stereocenters. The fourth-order valence-corrected chi connectivity index (χ4v) is 12.3. The van der Waals surface area contributed by atoms with Gasteiger partial charge in [-0.3, -0.25) is 0 Å². The van der Waals surface area contributed by atoms with Crippen molar-refractivity contribution in [2.75, 3.05) is 0 Å². The zero-order valence-corrected chi connectivity index (χ0v) is 49.6. The summed E-state index contributed by atoms with van der Waals surface area (Å²) in [4.78, 5) is 20.8. The molecular formula is C85H51N7. The van der Waals surface area contributed by atoms with Crippen LogP contribution in [0.2, 0.25) is 0 Å². The van der Waals surface area contributed by atoms with Gasteiger partial charge in [0, 0.05) is 33.4 Å². The van der Waals surface area contributed by atoms with Gasteiger partial charge < -0.3 is 0 Å². The predicted octanol–water partition coefficient (Wildman–Crippen LogP) is 21.2. The summed E-state index contributed by atoms with van der Waals surface area (Å²) in [5, 5.41) is 33.8. The third-order valence-corrected chi connectivity index (χ3v) is 17.0. The Morgan fingerprint density at radius 1 is 0.207 bits per heavy atom. The van der Waals surface area contributed by atoms with Crippen LogP contribution in [-0.2, 0) is 0 Å². The van der Waals surface area contributed by atoms with E-state index in [-0.39, 0.29) is 0 Å². The van der Waals surface area contributed by atoms with E-state index < -0.39 is 0 Å². The van der Waals surface area contributed by atoms with E-state index in [1.54, 1.807) is 6.07 Å². The second kappa shape index (κ2) is 24.3. The number of nitriles is 3. The highest BCUT2D eigenvalue weighted by Gasteiger charge is 2.19. The van der Waals surface area contributed by atoms with Gasteiger partial charge >= 0.3 is 0 Å². The lowest BCUT2D eigenvalue weighted by atomic mass is 9.88. The fraction of sp³-hybridized carbons (Fsp3) is 0. The number of hydrogen-bond acceptors (Lipinski definition) is 7. The molecule has 2 heterocycles. The van der Waals surface area contributed by atoms with Crippen LogP contribution in [0.1, 0.15) is 16.7 Å². The molecule has 0 atom stereocenters. The van der Waals surface area contributed by atoms with E-state index in [9.17, 15) is 15.8 Å². The first kappa shape index (κ1) is 55.6. The van der Waals surface area contributed by atoms with E-state index in [2.05, 4.69) is 237 Å². The summed E-state index contributed by atoms with van der Waals surface area (Å²) in [5.41, 5.74) is 22.8. The highest BCUT2D eigenvalue weighted by molar-refractivity contribution is 6.05. The van der Waals surface area contributed by atoms with Gasteiger partial charge in [-0.15, -0.1) is 0 Å². The van der Waals surface area contributed by atoms with E-state index >= 15 is 0 Å². The first-order valence-electron chi connectivity index (χ1n) is 30.3. The fourth-order valence-electron chi connectivity index (χ4n) is 12.3. The van der Waals surface area contributed by atoms with Crippen molar-refractivity contribution in [3.63, 3.8) is 0 Å². The maximum absolute atomic E-state index is 9.93. The lowest BCUT2D eigenvalue weighted by molar-refractivity contribution is 1.18. The van der Waals surface area contributed by atoms with Crippen molar-refractivity contribution in [3.05, 3.63) is 326 Å². The van der Waals surface area contributed by atoms with Gasteiger partial charge in [-0.2, -0.15) is 15.8 Å². The number of nitrogens with zero attached hydrogens (tertiary/aromatic N) is 7. The normalized spacial score (nSPS) is 11.0. The minimum Gasteiger partial charge on any atom is -0.228 e. The van der Waals surface area contributed by atoms with E-state index in [1.165, 1.54) is 10.8 Å². The number of hydrogen-bond donors (Lipinski definition) is 0. The molecule has 0 spiro atoms. The first-order chi connectivity index (χ1) is 45.4. The number of aromatic nitrogens is 4. The highest BCUT2D eigenvalue weighted by atomic mass is 14.9. The van der Waals surface area contributed by atoms with Gasteiger partial charge in [0.15, 0.2) is 11.6 Å². The molecule has 7 heteroatoms. The van der Waals surface area contributed by atoms with Crippen LogP contribution in [0.3, 0.4) is 0 Å². The summed E-state index contributed by atoms with van der Waals surface area (Å²) in [6.45, 7) is 0. The number of fused-ring (bicyclic) bond motifs is 2. The molecule has 426 valence electrons. The van der Waals surface area contributed by atoms with Crippen molar-refractivity contribution in [3.8, 4) is 153 Å². The second-order valence-electron chi connectivity index (χ2n) is 22.7. The largest absolute Gasteiger partial charge is 0.228 e. The third-order valence-electron chi connectivity index (χ3n) is 17.0. The van der Waals surface area contributed by atoms with Crippen molar-refractivity contribution >= 4 is 21.5 Å². The maximum Gasteiger partial charge on any atom is 0.160 e. The molecule has 0 aliphatic heterocycles. The Bertz CT molecular complexity index is 5400. The van der Waals surface area contributed by atoms with Gasteiger partial charge in [0.05, 0.1) is 57.7 Å². The molecule has 0 radical (unpaired) electrons. The zero-order chi connectivity index (χ0) is 61.9. The summed E-state index contributed by atoms with van der Waals surface area (Å²) in [5.74, 6) is 1.23. The molecule has 0 bridgehead atoms. The topological polar surface area (TPSA) is 123 Å². The van der Waals surface area contributed by atoms with Crippen LogP contribution >= 0.6 is 0 Å². The Morgan fingerprint density at radius 2 is 0.554 bits per heavy atom. The Hall–Kier alpha value is -13.0. The summed E-state index contributed by atoms with van der Waals surface area (Å²) in [7, 11) is 0. The predicted molar refractivity (Wildman–Crippen MR) is 372 cm³/mol. The van der Waals surface area contributed by atoms with Crippen LogP contribution in [0.15, 0.2) is 309 Å². The van der Waals surface area contributed by atoms with Crippen LogP contribution in [0.5, 0.6) is 0 Å². The van der Waals surface area contributed by atoms with E-state index in [1.807, 2.05) is 84.9 Å². The second-order valence-corrected chi connectivity index (χ2v) is 22.7. The summed E-state index contributed by atoms with van der Waals surface area (Å²) in [6.07, 6.45) is 0. The van der Waals surface area contributed by atoms with Crippen molar-refractivity contribution in [1.29, 1.82) is 15.8 Å². The molecular weight excluding hydrogens is 1120 g/mol. The average molecular weight is 1170 g/mol. The van der Waals surface area contributed by atoms with Gasteiger partial charge in [0.1, 0.15) is 0 Å². The van der Waals surface area contributed by atoms with Gasteiger partial charge in [-0.05, 0) is 143 Å². The van der Waals surface area contributed by atoms with Crippen LogP contribution < -0.4 is 0 Å². The minimum absolute atomic E-state index is 0.435. The third kappa shape index (κ3) is 11.1. The number of benzene rings is 13. The quantitative estimate of drug-likeness (QED) is 0.119. The van der Waals surface area contributed by atoms with Gasteiger partial charge in [-0.1, -0.05) is 255 Å². The zero-order valence-electron chi connectivity index (χ0n) is 49.6. The van der Waals surface area contributed by atoms with E-state index in [0.29, 0.717) is 28.3 Å². The van der Waals surface area contributed by atoms with Gasteiger partial charge in [0.2, 0.25) is 0 Å². The first-order valence-corrected chi connectivity index (χ1v) is 30.3. The molecule has 15 aromatic rings. The summed E-state index contributed by atoms with van der Waals surface area (Å²) >= 11 is 0. The molecule has 0 aliphatic rings. The van der Waals surface area contributed by atoms with Crippen molar-refractivity contribution in [1.82, 2.24) is 19.9 Å². The summed E-state index contributed by atoms with van der Waals surface area (Å²) in [6, 6.07) is 112. The Balaban J connectivity index is 0.720. The van der Waals surface area contributed by atoms with Crippen LogP contribution in [0.25, 0.3) is 156 Å². The highest BCUT2D eigenvalue weighted by Crippen LogP contribution is 2.42. The molecule has 0 aliphatic carbocycles. The monoisotopic (exact) mass is 1170 g/mol. The van der Waals surface area contributed by atoms with Gasteiger partial charge in [-0.25, -0.2) is 19.9 Å². The molecule has 0 saturated carbocycles. The maximum atomic E-state index is 9.93. The molecule has 0 amide bonds. The van der Waals surface area contributed by atoms with Crippen molar-refractivity contribution in [2.24, 2.45) is 0 Å².